The summed E-state index contributed by atoms with van der Waals surface area (Å²) in [6, 6.07) is 8.14. The third kappa shape index (κ3) is 1.46. The van der Waals surface area contributed by atoms with Crippen molar-refractivity contribution in [1.82, 2.24) is 0 Å². The second kappa shape index (κ2) is 2.95. The molecule has 0 spiro atoms. The minimum Gasteiger partial charge on any atom is -0.547 e. The molecule has 3 nitrogen and oxygen atoms in total. The van der Waals surface area contributed by atoms with Crippen molar-refractivity contribution in [3.05, 3.63) is 35.9 Å². The summed E-state index contributed by atoms with van der Waals surface area (Å²) in [5.74, 6) is -1.49. The Morgan fingerprint density at radius 3 is 2.33 bits per heavy atom. The molecule has 0 amide bonds. The fourth-order valence-electron chi connectivity index (χ4n) is 0.881. The number of carbonyl (C=O) groups excluding carboxylic acids is 1. The molecule has 0 bridgehead atoms. The standard InChI is InChI=1S/C9H10O3/c1-9(12,8(10)11)7-5-3-2-4-6-7/h2-6,12H,1H3,(H,10,11)/p-1/t9-/m1/s1. The lowest BCUT2D eigenvalue weighted by Crippen LogP contribution is -2.43. The molecule has 0 aliphatic carbocycles. The molecule has 1 rings (SSSR count). The Morgan fingerprint density at radius 1 is 1.42 bits per heavy atom. The third-order valence-corrected chi connectivity index (χ3v) is 1.73. The number of carboxylic acids is 1. The maximum Gasteiger partial charge on any atom is 0.126 e. The van der Waals surface area contributed by atoms with Gasteiger partial charge in [-0.3, -0.25) is 0 Å². The van der Waals surface area contributed by atoms with E-state index in [0.29, 0.717) is 5.56 Å². The van der Waals surface area contributed by atoms with Crippen molar-refractivity contribution in [2.45, 2.75) is 12.5 Å². The van der Waals surface area contributed by atoms with Gasteiger partial charge in [-0.25, -0.2) is 0 Å². The van der Waals surface area contributed by atoms with Crippen LogP contribution in [0, 0.1) is 0 Å². The molecule has 0 fully saturated rings. The molecule has 0 saturated carbocycles. The highest BCUT2D eigenvalue weighted by atomic mass is 16.4. The summed E-state index contributed by atoms with van der Waals surface area (Å²) in [5.41, 5.74) is -1.58. The second-order valence-corrected chi connectivity index (χ2v) is 2.73. The summed E-state index contributed by atoms with van der Waals surface area (Å²) in [6.45, 7) is 1.19. The van der Waals surface area contributed by atoms with Crippen molar-refractivity contribution in [2.75, 3.05) is 0 Å². The Labute approximate surface area is 70.3 Å². The number of carboxylic acid groups (broad SMARTS) is 1. The molecule has 1 N–H and O–H groups in total. The number of carbonyl (C=O) groups is 1. The maximum absolute atomic E-state index is 10.5. The fraction of sp³-hybridized carbons (Fsp3) is 0.222. The normalized spacial score (nSPS) is 15.2. The molecule has 1 aromatic rings. The van der Waals surface area contributed by atoms with E-state index in [9.17, 15) is 15.0 Å². The molecule has 0 heterocycles. The van der Waals surface area contributed by atoms with Crippen molar-refractivity contribution in [1.29, 1.82) is 0 Å². The van der Waals surface area contributed by atoms with Crippen LogP contribution < -0.4 is 5.11 Å². The van der Waals surface area contributed by atoms with Crippen LogP contribution >= 0.6 is 0 Å². The van der Waals surface area contributed by atoms with E-state index in [2.05, 4.69) is 0 Å². The Kier molecular flexibility index (Phi) is 2.15. The average Bonchev–Trinajstić information content (AvgIpc) is 2.06. The predicted molar refractivity (Wildman–Crippen MR) is 41.0 cm³/mol. The van der Waals surface area contributed by atoms with Crippen molar-refractivity contribution < 1.29 is 15.0 Å². The van der Waals surface area contributed by atoms with Crippen molar-refractivity contribution in [3.8, 4) is 0 Å². The largest absolute Gasteiger partial charge is 0.547 e. The highest BCUT2D eigenvalue weighted by molar-refractivity contribution is 5.76. The zero-order valence-corrected chi connectivity index (χ0v) is 6.65. The summed E-state index contributed by atoms with van der Waals surface area (Å²) in [5, 5.41) is 19.9. The van der Waals surface area contributed by atoms with Crippen LogP contribution in [0.3, 0.4) is 0 Å². The van der Waals surface area contributed by atoms with E-state index in [-0.39, 0.29) is 0 Å². The number of rotatable bonds is 2. The summed E-state index contributed by atoms with van der Waals surface area (Å²) in [4.78, 5) is 10.5. The molecule has 1 aromatic carbocycles. The van der Waals surface area contributed by atoms with Gasteiger partial charge in [-0.15, -0.1) is 0 Å². The van der Waals surface area contributed by atoms with Gasteiger partial charge in [-0.1, -0.05) is 30.3 Å². The summed E-state index contributed by atoms with van der Waals surface area (Å²) < 4.78 is 0. The topological polar surface area (TPSA) is 60.4 Å². The quantitative estimate of drug-likeness (QED) is 0.651. The number of aliphatic carboxylic acids is 1. The van der Waals surface area contributed by atoms with E-state index in [0.717, 1.165) is 0 Å². The Hall–Kier alpha value is -1.35. The highest BCUT2D eigenvalue weighted by Gasteiger charge is 2.23. The number of hydrogen-bond acceptors (Lipinski definition) is 3. The van der Waals surface area contributed by atoms with Crippen LogP contribution in [-0.2, 0) is 10.4 Å². The van der Waals surface area contributed by atoms with Gasteiger partial charge in [-0.05, 0) is 12.5 Å². The lowest BCUT2D eigenvalue weighted by atomic mass is 9.97. The zero-order valence-electron chi connectivity index (χ0n) is 6.65. The van der Waals surface area contributed by atoms with Crippen LogP contribution in [0.5, 0.6) is 0 Å². The molecule has 0 saturated heterocycles. The lowest BCUT2D eigenvalue weighted by molar-refractivity contribution is -0.324. The van der Waals surface area contributed by atoms with Crippen molar-refractivity contribution in [3.63, 3.8) is 0 Å². The monoisotopic (exact) mass is 165 g/mol. The molecule has 0 unspecified atom stereocenters. The first-order valence-corrected chi connectivity index (χ1v) is 3.54. The summed E-state index contributed by atoms with van der Waals surface area (Å²) in [7, 11) is 0. The molecule has 0 aliphatic heterocycles. The van der Waals surface area contributed by atoms with Gasteiger partial charge in [0.25, 0.3) is 0 Å². The van der Waals surface area contributed by atoms with Gasteiger partial charge >= 0.3 is 0 Å². The van der Waals surface area contributed by atoms with Crippen LogP contribution in [0.15, 0.2) is 30.3 Å². The van der Waals surface area contributed by atoms with Crippen molar-refractivity contribution in [2.24, 2.45) is 0 Å². The molecule has 0 radical (unpaired) electrons. The third-order valence-electron chi connectivity index (χ3n) is 1.73. The van der Waals surface area contributed by atoms with E-state index >= 15 is 0 Å². The first kappa shape index (κ1) is 8.74. The van der Waals surface area contributed by atoms with Gasteiger partial charge in [0.1, 0.15) is 5.60 Å². The van der Waals surface area contributed by atoms with Crippen LogP contribution in [0.1, 0.15) is 12.5 Å². The number of benzene rings is 1. The van der Waals surface area contributed by atoms with Crippen LogP contribution in [0.2, 0.25) is 0 Å². The minimum absolute atomic E-state index is 0.324. The lowest BCUT2D eigenvalue weighted by Gasteiger charge is -2.24. The van der Waals surface area contributed by atoms with Crippen molar-refractivity contribution >= 4 is 5.97 Å². The second-order valence-electron chi connectivity index (χ2n) is 2.73. The molecular weight excluding hydrogens is 156 g/mol. The van der Waals surface area contributed by atoms with Gasteiger partial charge in [0.05, 0.1) is 5.97 Å². The minimum atomic E-state index is -1.90. The van der Waals surface area contributed by atoms with Crippen LogP contribution in [0.4, 0.5) is 0 Å². The van der Waals surface area contributed by atoms with Gasteiger partial charge in [0.15, 0.2) is 0 Å². The van der Waals surface area contributed by atoms with Gasteiger partial charge in [0.2, 0.25) is 0 Å². The number of aliphatic hydroxyl groups is 1. The molecular formula is C9H9O3-. The predicted octanol–water partition coefficient (Wildman–Crippen LogP) is -0.356. The van der Waals surface area contributed by atoms with Crippen LogP contribution in [-0.4, -0.2) is 11.1 Å². The zero-order chi connectivity index (χ0) is 9.19. The van der Waals surface area contributed by atoms with E-state index in [1.165, 1.54) is 19.1 Å². The Balaban J connectivity index is 3.06. The van der Waals surface area contributed by atoms with Gasteiger partial charge < -0.3 is 15.0 Å². The average molecular weight is 165 g/mol. The van der Waals surface area contributed by atoms with E-state index < -0.39 is 11.6 Å². The highest BCUT2D eigenvalue weighted by Crippen LogP contribution is 2.18. The molecule has 1 atom stereocenters. The molecule has 64 valence electrons. The fourth-order valence-corrected chi connectivity index (χ4v) is 0.881. The first-order valence-electron chi connectivity index (χ1n) is 3.54. The Bertz CT molecular complexity index is 277. The van der Waals surface area contributed by atoms with Gasteiger partial charge in [0, 0.05) is 0 Å². The molecule has 0 aromatic heterocycles. The summed E-state index contributed by atoms with van der Waals surface area (Å²) >= 11 is 0. The van der Waals surface area contributed by atoms with E-state index in [1.54, 1.807) is 18.2 Å². The Morgan fingerprint density at radius 2 is 1.92 bits per heavy atom. The number of hydrogen-bond donors (Lipinski definition) is 1. The SMILES string of the molecule is C[C@](O)(C(=O)[O-])c1ccccc1. The van der Waals surface area contributed by atoms with Crippen LogP contribution in [0.25, 0.3) is 0 Å². The first-order chi connectivity index (χ1) is 5.55. The maximum atomic E-state index is 10.5. The molecule has 0 aliphatic rings. The smallest absolute Gasteiger partial charge is 0.126 e. The van der Waals surface area contributed by atoms with Gasteiger partial charge in [-0.2, -0.15) is 0 Å². The van der Waals surface area contributed by atoms with E-state index in [1.807, 2.05) is 0 Å². The molecule has 12 heavy (non-hydrogen) atoms. The molecule has 3 heteroatoms. The van der Waals surface area contributed by atoms with E-state index in [4.69, 9.17) is 0 Å². The summed E-state index contributed by atoms with van der Waals surface area (Å²) in [6.07, 6.45) is 0.